The molecule has 0 bridgehead atoms. The number of amidine groups is 1. The van der Waals surface area contributed by atoms with Crippen LogP contribution >= 0.6 is 0 Å². The molecule has 0 aliphatic carbocycles. The van der Waals surface area contributed by atoms with E-state index in [1.807, 2.05) is 0 Å². The van der Waals surface area contributed by atoms with Gasteiger partial charge < -0.3 is 19.4 Å². The number of ether oxygens (including phenoxy) is 1. The van der Waals surface area contributed by atoms with Crippen LogP contribution in [0.4, 0.5) is 10.6 Å². The third-order valence-corrected chi connectivity index (χ3v) is 4.32. The van der Waals surface area contributed by atoms with Crippen LogP contribution < -0.4 is 10.8 Å². The molecular formula is C18H24N6O4. The number of amides is 2. The largest absolute Gasteiger partial charge is 0.444 e. The van der Waals surface area contributed by atoms with Crippen LogP contribution in [-0.4, -0.2) is 56.0 Å². The monoisotopic (exact) mass is 388 g/mol. The highest BCUT2D eigenvalue weighted by atomic mass is 16.6. The zero-order valence-corrected chi connectivity index (χ0v) is 16.0. The molecule has 0 spiro atoms. The summed E-state index contributed by atoms with van der Waals surface area (Å²) in [4.78, 5) is 30.5. The van der Waals surface area contributed by atoms with Gasteiger partial charge in [-0.05, 0) is 39.3 Å². The molecule has 4 N–H and O–H groups in total. The van der Waals surface area contributed by atoms with Gasteiger partial charge in [0.1, 0.15) is 17.1 Å². The minimum absolute atomic E-state index is 0.149. The first kappa shape index (κ1) is 19.6. The highest BCUT2D eigenvalue weighted by molar-refractivity contribution is 5.96. The predicted octanol–water partition coefficient (Wildman–Crippen LogP) is 1.83. The number of imidazole rings is 1. The van der Waals surface area contributed by atoms with Crippen LogP contribution in [0.15, 0.2) is 24.5 Å². The number of anilines is 1. The van der Waals surface area contributed by atoms with Crippen LogP contribution in [0.1, 0.15) is 32.8 Å². The van der Waals surface area contributed by atoms with E-state index in [0.29, 0.717) is 36.5 Å². The van der Waals surface area contributed by atoms with Crippen molar-refractivity contribution < 1.29 is 19.5 Å². The Morgan fingerprint density at radius 3 is 2.82 bits per heavy atom. The lowest BCUT2D eigenvalue weighted by Gasteiger charge is -2.24. The molecule has 0 radical (unpaired) electrons. The van der Waals surface area contributed by atoms with Crippen molar-refractivity contribution in [2.45, 2.75) is 32.8 Å². The van der Waals surface area contributed by atoms with E-state index in [9.17, 15) is 9.59 Å². The van der Waals surface area contributed by atoms with Gasteiger partial charge in [0.25, 0.3) is 0 Å². The Morgan fingerprint density at radius 2 is 2.14 bits per heavy atom. The summed E-state index contributed by atoms with van der Waals surface area (Å²) in [6, 6.07) is 3.25. The first-order valence-corrected chi connectivity index (χ1v) is 8.93. The molecule has 150 valence electrons. The van der Waals surface area contributed by atoms with Gasteiger partial charge >= 0.3 is 6.09 Å². The van der Waals surface area contributed by atoms with Crippen molar-refractivity contribution in [3.05, 3.63) is 30.1 Å². The molecule has 0 saturated carbocycles. The minimum atomic E-state index is -0.575. The second-order valence-corrected chi connectivity index (χ2v) is 7.70. The third kappa shape index (κ3) is 4.39. The summed E-state index contributed by atoms with van der Waals surface area (Å²) in [6.07, 6.45) is 3.48. The molecule has 3 heterocycles. The second-order valence-electron chi connectivity index (χ2n) is 7.70. The molecule has 3 rings (SSSR count). The average molecular weight is 388 g/mol. The van der Waals surface area contributed by atoms with E-state index in [1.165, 1.54) is 0 Å². The van der Waals surface area contributed by atoms with E-state index in [-0.39, 0.29) is 17.7 Å². The van der Waals surface area contributed by atoms with E-state index in [0.717, 1.165) is 0 Å². The van der Waals surface area contributed by atoms with Gasteiger partial charge in [-0.25, -0.2) is 9.78 Å². The lowest BCUT2D eigenvalue weighted by atomic mass is 10.1. The fourth-order valence-corrected chi connectivity index (χ4v) is 2.96. The number of carbonyl (C=O) groups is 2. The number of nitrogens with one attached hydrogen (secondary N) is 3. The Balaban J connectivity index is 1.63. The minimum Gasteiger partial charge on any atom is -0.444 e. The molecule has 2 aromatic heterocycles. The molecule has 2 aromatic rings. The van der Waals surface area contributed by atoms with E-state index in [4.69, 9.17) is 15.4 Å². The SMILES string of the molecule is CC(C)(C)OC(=O)N1CCC(C(=O)Nc2cn3ccc(C(=N)NO)cc3n2)C1. The summed E-state index contributed by atoms with van der Waals surface area (Å²) in [7, 11) is 0. The van der Waals surface area contributed by atoms with Crippen molar-refractivity contribution in [1.82, 2.24) is 19.8 Å². The topological polar surface area (TPSA) is 132 Å². The second kappa shape index (κ2) is 7.47. The summed E-state index contributed by atoms with van der Waals surface area (Å²) >= 11 is 0. The standard InChI is InChI=1S/C18H24N6O4/c1-18(2,3)28-17(26)24-7-5-12(9-24)16(25)21-13-10-23-6-4-11(15(19)22-27)8-14(23)20-13/h4,6,8,10,12,27H,5,7,9H2,1-3H3,(H2,19,22)(H,21,25). The van der Waals surface area contributed by atoms with E-state index >= 15 is 0 Å². The number of rotatable bonds is 3. The molecule has 10 heteroatoms. The Labute approximate surface area is 162 Å². The molecule has 1 aliphatic rings. The molecule has 1 fully saturated rings. The van der Waals surface area contributed by atoms with Crippen molar-refractivity contribution >= 4 is 29.3 Å². The van der Waals surface area contributed by atoms with Gasteiger partial charge in [-0.15, -0.1) is 0 Å². The van der Waals surface area contributed by atoms with Gasteiger partial charge in [0.05, 0.1) is 12.1 Å². The lowest BCUT2D eigenvalue weighted by molar-refractivity contribution is -0.119. The van der Waals surface area contributed by atoms with Crippen molar-refractivity contribution in [1.29, 1.82) is 5.41 Å². The van der Waals surface area contributed by atoms with E-state index in [2.05, 4.69) is 10.3 Å². The molecule has 1 unspecified atom stereocenters. The number of nitrogens with zero attached hydrogens (tertiary/aromatic N) is 3. The molecule has 1 saturated heterocycles. The number of aromatic nitrogens is 2. The van der Waals surface area contributed by atoms with Crippen LogP contribution in [0.3, 0.4) is 0 Å². The van der Waals surface area contributed by atoms with Crippen LogP contribution in [0.2, 0.25) is 0 Å². The van der Waals surface area contributed by atoms with Crippen LogP contribution in [0.5, 0.6) is 0 Å². The quantitative estimate of drug-likeness (QED) is 0.360. The molecule has 10 nitrogen and oxygen atoms in total. The molecule has 1 aliphatic heterocycles. The Hall–Kier alpha value is -3.14. The van der Waals surface area contributed by atoms with Crippen molar-refractivity contribution in [3.8, 4) is 0 Å². The van der Waals surface area contributed by atoms with Gasteiger partial charge in [0.2, 0.25) is 5.91 Å². The number of fused-ring (bicyclic) bond motifs is 1. The Kier molecular flexibility index (Phi) is 5.23. The molecule has 0 aromatic carbocycles. The number of likely N-dealkylation sites (tertiary alicyclic amines) is 1. The predicted molar refractivity (Wildman–Crippen MR) is 101 cm³/mol. The summed E-state index contributed by atoms with van der Waals surface area (Å²) in [5.41, 5.74) is 2.19. The van der Waals surface area contributed by atoms with Crippen LogP contribution in [-0.2, 0) is 9.53 Å². The molecule has 28 heavy (non-hydrogen) atoms. The number of pyridine rings is 1. The maximum absolute atomic E-state index is 12.6. The van der Waals surface area contributed by atoms with Crippen molar-refractivity contribution in [3.63, 3.8) is 0 Å². The lowest BCUT2D eigenvalue weighted by Crippen LogP contribution is -2.36. The van der Waals surface area contributed by atoms with Gasteiger partial charge in [0.15, 0.2) is 5.82 Å². The number of hydrogen-bond donors (Lipinski definition) is 4. The maximum atomic E-state index is 12.6. The highest BCUT2D eigenvalue weighted by Crippen LogP contribution is 2.21. The van der Waals surface area contributed by atoms with E-state index in [1.54, 1.807) is 60.1 Å². The number of hydroxylamine groups is 1. The number of carbonyl (C=O) groups excluding carboxylic acids is 2. The Bertz CT molecular complexity index is 916. The summed E-state index contributed by atoms with van der Waals surface area (Å²) in [6.45, 7) is 6.18. The highest BCUT2D eigenvalue weighted by Gasteiger charge is 2.33. The van der Waals surface area contributed by atoms with Gasteiger partial charge in [-0.1, -0.05) is 0 Å². The van der Waals surface area contributed by atoms with Gasteiger partial charge in [-0.2, -0.15) is 0 Å². The van der Waals surface area contributed by atoms with Crippen LogP contribution in [0, 0.1) is 11.3 Å². The Morgan fingerprint density at radius 1 is 1.39 bits per heavy atom. The molecule has 2 amide bonds. The zero-order valence-electron chi connectivity index (χ0n) is 16.0. The normalized spacial score (nSPS) is 16.9. The van der Waals surface area contributed by atoms with Crippen LogP contribution in [0.25, 0.3) is 5.65 Å². The summed E-state index contributed by atoms with van der Waals surface area (Å²) < 4.78 is 7.05. The smallest absolute Gasteiger partial charge is 0.410 e. The molecular weight excluding hydrogens is 364 g/mol. The maximum Gasteiger partial charge on any atom is 0.410 e. The fourth-order valence-electron chi connectivity index (χ4n) is 2.96. The number of hydrogen-bond acceptors (Lipinski definition) is 6. The summed E-state index contributed by atoms with van der Waals surface area (Å²) in [5, 5.41) is 19.2. The fraction of sp³-hybridized carbons (Fsp3) is 0.444. The average Bonchev–Trinajstić information content (AvgIpc) is 3.25. The first-order chi connectivity index (χ1) is 13.2. The third-order valence-electron chi connectivity index (χ3n) is 4.32. The van der Waals surface area contributed by atoms with E-state index < -0.39 is 11.7 Å². The zero-order chi connectivity index (χ0) is 20.5. The molecule has 1 atom stereocenters. The van der Waals surface area contributed by atoms with Gasteiger partial charge in [-0.3, -0.25) is 20.9 Å². The van der Waals surface area contributed by atoms with Crippen molar-refractivity contribution in [2.24, 2.45) is 5.92 Å². The van der Waals surface area contributed by atoms with Crippen molar-refractivity contribution in [2.75, 3.05) is 18.4 Å². The van der Waals surface area contributed by atoms with Gasteiger partial charge in [0, 0.05) is 24.8 Å². The summed E-state index contributed by atoms with van der Waals surface area (Å²) in [5.74, 6) is -0.315. The first-order valence-electron chi connectivity index (χ1n) is 8.93.